The second-order valence-electron chi connectivity index (χ2n) is 7.73. The highest BCUT2D eigenvalue weighted by Gasteiger charge is 2.19. The molecule has 0 bridgehead atoms. The lowest BCUT2D eigenvalue weighted by atomic mass is 10.1. The van der Waals surface area contributed by atoms with Crippen LogP contribution in [-0.4, -0.2) is 47.3 Å². The fourth-order valence-electron chi connectivity index (χ4n) is 3.89. The van der Waals surface area contributed by atoms with Crippen LogP contribution in [0.5, 0.6) is 0 Å². The van der Waals surface area contributed by atoms with Crippen molar-refractivity contribution in [2.24, 2.45) is 5.10 Å². The van der Waals surface area contributed by atoms with Gasteiger partial charge in [0.05, 0.1) is 11.1 Å². The summed E-state index contributed by atoms with van der Waals surface area (Å²) in [6.07, 6.45) is 8.75. The Morgan fingerprint density at radius 1 is 0.967 bits per heavy atom. The number of rotatable bonds is 6. The predicted molar refractivity (Wildman–Crippen MR) is 118 cm³/mol. The number of hydrazone groups is 1. The first-order valence-corrected chi connectivity index (χ1v) is 10.6. The molecule has 0 aliphatic carbocycles. The van der Waals surface area contributed by atoms with Crippen molar-refractivity contribution < 1.29 is 4.92 Å². The molecule has 158 valence electrons. The molecule has 0 saturated carbocycles. The van der Waals surface area contributed by atoms with Gasteiger partial charge in [-0.1, -0.05) is 12.1 Å². The maximum absolute atomic E-state index is 10.9. The van der Waals surface area contributed by atoms with Crippen molar-refractivity contribution in [2.75, 3.05) is 41.4 Å². The van der Waals surface area contributed by atoms with Crippen molar-refractivity contribution in [3.8, 4) is 0 Å². The van der Waals surface area contributed by atoms with Crippen molar-refractivity contribution >= 4 is 29.5 Å². The molecule has 30 heavy (non-hydrogen) atoms. The minimum atomic E-state index is -0.412. The van der Waals surface area contributed by atoms with Gasteiger partial charge in [-0.25, -0.2) is 0 Å². The lowest BCUT2D eigenvalue weighted by molar-refractivity contribution is -0.384. The molecular weight excluding hydrogens is 382 g/mol. The molecule has 0 unspecified atom stereocenters. The third-order valence-electron chi connectivity index (χ3n) is 5.49. The molecule has 3 heterocycles. The van der Waals surface area contributed by atoms with Gasteiger partial charge in [-0.05, 0) is 38.5 Å². The summed E-state index contributed by atoms with van der Waals surface area (Å²) >= 11 is 0. The highest BCUT2D eigenvalue weighted by Crippen LogP contribution is 2.25. The van der Waals surface area contributed by atoms with Crippen LogP contribution in [0.3, 0.4) is 0 Å². The van der Waals surface area contributed by atoms with E-state index in [1.165, 1.54) is 37.8 Å². The van der Waals surface area contributed by atoms with Crippen molar-refractivity contribution in [2.45, 2.75) is 38.5 Å². The lowest BCUT2D eigenvalue weighted by Gasteiger charge is -2.31. The Kier molecular flexibility index (Phi) is 6.36. The lowest BCUT2D eigenvalue weighted by Crippen LogP contribution is -2.33. The highest BCUT2D eigenvalue weighted by molar-refractivity contribution is 5.81. The molecule has 1 aromatic carbocycles. The van der Waals surface area contributed by atoms with E-state index in [-0.39, 0.29) is 5.69 Å². The first kappa shape index (κ1) is 20.1. The average molecular weight is 409 g/mol. The Morgan fingerprint density at radius 3 is 2.37 bits per heavy atom. The molecule has 0 spiro atoms. The summed E-state index contributed by atoms with van der Waals surface area (Å²) in [5, 5.41) is 15.2. The normalized spacial score (nSPS) is 17.3. The van der Waals surface area contributed by atoms with E-state index in [9.17, 15) is 10.1 Å². The molecule has 1 aromatic heterocycles. The fraction of sp³-hybridized carbons (Fsp3) is 0.476. The molecule has 0 amide bonds. The third kappa shape index (κ3) is 5.03. The molecule has 9 nitrogen and oxygen atoms in total. The number of nitrogens with one attached hydrogen (secondary N) is 1. The fourth-order valence-corrected chi connectivity index (χ4v) is 3.89. The molecule has 0 radical (unpaired) electrons. The van der Waals surface area contributed by atoms with Crippen molar-refractivity contribution in [1.29, 1.82) is 0 Å². The van der Waals surface area contributed by atoms with Crippen LogP contribution in [0.2, 0.25) is 0 Å². The molecule has 9 heteroatoms. The summed E-state index contributed by atoms with van der Waals surface area (Å²) in [6, 6.07) is 8.31. The van der Waals surface area contributed by atoms with Crippen LogP contribution < -0.4 is 15.2 Å². The van der Waals surface area contributed by atoms with Crippen molar-refractivity contribution in [3.05, 3.63) is 46.0 Å². The van der Waals surface area contributed by atoms with Gasteiger partial charge < -0.3 is 9.80 Å². The van der Waals surface area contributed by atoms with Gasteiger partial charge in [0.15, 0.2) is 5.82 Å². The number of nitro groups is 1. The van der Waals surface area contributed by atoms with Crippen LogP contribution in [-0.2, 0) is 0 Å². The maximum atomic E-state index is 10.9. The molecular formula is C21H27N7O2. The van der Waals surface area contributed by atoms with Gasteiger partial charge in [0.2, 0.25) is 5.95 Å². The molecule has 2 aliphatic heterocycles. The molecule has 2 aliphatic rings. The standard InChI is InChI=1S/C21H27N7O2/c29-28(30)18-9-7-8-17(14-18)16-22-25-19-15-20(26-10-3-1-4-11-26)24-21(23-19)27-12-5-2-6-13-27/h7-9,14-16H,1-6,10-13H2,(H,23,24,25)/b22-16-. The summed E-state index contributed by atoms with van der Waals surface area (Å²) in [6.45, 7) is 3.96. The summed E-state index contributed by atoms with van der Waals surface area (Å²) in [5.74, 6) is 2.30. The van der Waals surface area contributed by atoms with Crippen molar-refractivity contribution in [3.63, 3.8) is 0 Å². The van der Waals surface area contributed by atoms with Crippen LogP contribution in [0, 0.1) is 10.1 Å². The van der Waals surface area contributed by atoms with E-state index >= 15 is 0 Å². The zero-order valence-corrected chi connectivity index (χ0v) is 17.0. The first-order chi connectivity index (χ1) is 14.7. The maximum Gasteiger partial charge on any atom is 0.270 e. The largest absolute Gasteiger partial charge is 0.356 e. The Bertz CT molecular complexity index is 870. The van der Waals surface area contributed by atoms with Gasteiger partial charge in [-0.2, -0.15) is 15.1 Å². The number of hydrogen-bond acceptors (Lipinski definition) is 8. The number of nitro benzene ring substituents is 1. The molecule has 2 fully saturated rings. The monoisotopic (exact) mass is 409 g/mol. The van der Waals surface area contributed by atoms with E-state index in [0.717, 1.165) is 50.8 Å². The van der Waals surface area contributed by atoms with Gasteiger partial charge in [0.25, 0.3) is 5.69 Å². The van der Waals surface area contributed by atoms with E-state index in [2.05, 4.69) is 25.3 Å². The Morgan fingerprint density at radius 2 is 1.67 bits per heavy atom. The van der Waals surface area contributed by atoms with E-state index in [0.29, 0.717) is 11.4 Å². The van der Waals surface area contributed by atoms with Gasteiger partial charge >= 0.3 is 0 Å². The van der Waals surface area contributed by atoms with Crippen molar-refractivity contribution in [1.82, 2.24) is 9.97 Å². The number of nitrogens with zero attached hydrogens (tertiary/aromatic N) is 6. The minimum Gasteiger partial charge on any atom is -0.356 e. The van der Waals surface area contributed by atoms with Crippen LogP contribution in [0.4, 0.5) is 23.3 Å². The van der Waals surface area contributed by atoms with Crippen LogP contribution in [0.15, 0.2) is 35.4 Å². The zero-order valence-electron chi connectivity index (χ0n) is 17.0. The number of piperidine rings is 2. The molecule has 1 N–H and O–H groups in total. The minimum absolute atomic E-state index is 0.0424. The molecule has 2 aromatic rings. The van der Waals surface area contributed by atoms with E-state index in [1.807, 2.05) is 6.07 Å². The second kappa shape index (κ2) is 9.51. The van der Waals surface area contributed by atoms with Crippen LogP contribution in [0.25, 0.3) is 0 Å². The summed E-state index contributed by atoms with van der Waals surface area (Å²) in [4.78, 5) is 24.6. The van der Waals surface area contributed by atoms with E-state index in [4.69, 9.17) is 4.98 Å². The van der Waals surface area contributed by atoms with Crippen LogP contribution in [0.1, 0.15) is 44.1 Å². The summed E-state index contributed by atoms with van der Waals surface area (Å²) in [7, 11) is 0. The number of aromatic nitrogens is 2. The van der Waals surface area contributed by atoms with E-state index < -0.39 is 4.92 Å². The molecule has 0 atom stereocenters. The van der Waals surface area contributed by atoms with Gasteiger partial charge in [0, 0.05) is 49.9 Å². The zero-order chi connectivity index (χ0) is 20.8. The van der Waals surface area contributed by atoms with E-state index in [1.54, 1.807) is 18.3 Å². The third-order valence-corrected chi connectivity index (χ3v) is 5.49. The summed E-state index contributed by atoms with van der Waals surface area (Å²) in [5.41, 5.74) is 3.69. The molecule has 2 saturated heterocycles. The first-order valence-electron chi connectivity index (χ1n) is 10.6. The Labute approximate surface area is 176 Å². The number of anilines is 3. The highest BCUT2D eigenvalue weighted by atomic mass is 16.6. The number of benzene rings is 1. The summed E-state index contributed by atoms with van der Waals surface area (Å²) < 4.78 is 0. The average Bonchev–Trinajstić information content (AvgIpc) is 2.80. The van der Waals surface area contributed by atoms with Crippen LogP contribution >= 0.6 is 0 Å². The van der Waals surface area contributed by atoms with Gasteiger partial charge in [-0.3, -0.25) is 15.5 Å². The Hall–Kier alpha value is -3.23. The molecule has 4 rings (SSSR count). The number of non-ortho nitro benzene ring substituents is 1. The smallest absolute Gasteiger partial charge is 0.270 e. The topological polar surface area (TPSA) is 99.8 Å². The van der Waals surface area contributed by atoms with Gasteiger partial charge in [-0.15, -0.1) is 0 Å². The quantitative estimate of drug-likeness (QED) is 0.440. The second-order valence-corrected chi connectivity index (χ2v) is 7.73. The predicted octanol–water partition coefficient (Wildman–Crippen LogP) is 3.81. The van der Waals surface area contributed by atoms with Gasteiger partial charge in [0.1, 0.15) is 5.82 Å². The Balaban J connectivity index is 1.54. The number of hydrogen-bond donors (Lipinski definition) is 1. The SMILES string of the molecule is O=[N+]([O-])c1cccc(/C=N\Nc2cc(N3CCCCC3)nc(N3CCCCC3)n2)c1.